The maximum Gasteiger partial charge on any atom is 0.126 e. The molecular formula is C32H36O3. The second-order valence-electron chi connectivity index (χ2n) is 8.60. The van der Waals surface area contributed by atoms with Crippen LogP contribution in [0.5, 0.6) is 17.2 Å². The van der Waals surface area contributed by atoms with Gasteiger partial charge in [0.1, 0.15) is 17.2 Å². The Morgan fingerprint density at radius 3 is 1.71 bits per heavy atom. The Morgan fingerprint density at radius 2 is 1.17 bits per heavy atom. The second-order valence-corrected chi connectivity index (χ2v) is 8.60. The summed E-state index contributed by atoms with van der Waals surface area (Å²) in [4.78, 5) is 0. The minimum absolute atomic E-state index is 0.503. The molecule has 3 nitrogen and oxygen atoms in total. The highest BCUT2D eigenvalue weighted by Crippen LogP contribution is 2.34. The lowest BCUT2D eigenvalue weighted by atomic mass is 9.96. The van der Waals surface area contributed by atoms with Crippen LogP contribution < -0.4 is 14.2 Å². The van der Waals surface area contributed by atoms with Crippen molar-refractivity contribution in [2.45, 2.75) is 33.1 Å². The van der Waals surface area contributed by atoms with Gasteiger partial charge in [-0.05, 0) is 71.0 Å². The van der Waals surface area contributed by atoms with Crippen molar-refractivity contribution in [1.29, 1.82) is 0 Å². The van der Waals surface area contributed by atoms with Crippen LogP contribution in [0.15, 0.2) is 91.0 Å². The fraction of sp³-hybridized carbons (Fsp3) is 0.250. The molecule has 0 aliphatic carbocycles. The van der Waals surface area contributed by atoms with Crippen molar-refractivity contribution in [3.8, 4) is 39.5 Å². The van der Waals surface area contributed by atoms with Crippen molar-refractivity contribution in [3.05, 3.63) is 102 Å². The number of aryl methyl sites for hydroxylation is 1. The summed E-state index contributed by atoms with van der Waals surface area (Å²) >= 11 is 0. The molecule has 0 saturated heterocycles. The maximum atomic E-state index is 5.46. The molecule has 0 aromatic heterocycles. The van der Waals surface area contributed by atoms with Gasteiger partial charge in [0.2, 0.25) is 0 Å². The van der Waals surface area contributed by atoms with Crippen molar-refractivity contribution in [2.75, 3.05) is 21.3 Å². The molecular weight excluding hydrogens is 432 g/mol. The normalized spacial score (nSPS) is 10.4. The lowest BCUT2D eigenvalue weighted by molar-refractivity contribution is 0.414. The first kappa shape index (κ1) is 25.9. The summed E-state index contributed by atoms with van der Waals surface area (Å²) in [6, 6.07) is 31.1. The van der Waals surface area contributed by atoms with Gasteiger partial charge in [0.15, 0.2) is 0 Å². The molecule has 0 saturated carbocycles. The molecule has 0 heterocycles. The van der Waals surface area contributed by atoms with Crippen LogP contribution in [0.3, 0.4) is 0 Å². The third-order valence-corrected chi connectivity index (χ3v) is 6.05. The topological polar surface area (TPSA) is 27.7 Å². The monoisotopic (exact) mass is 468 g/mol. The fourth-order valence-corrected chi connectivity index (χ4v) is 3.90. The smallest absolute Gasteiger partial charge is 0.126 e. The Bertz CT molecular complexity index is 1200. The number of ether oxygens (including phenoxy) is 3. The first-order valence-electron chi connectivity index (χ1n) is 12.0. The third kappa shape index (κ3) is 6.66. The minimum atomic E-state index is 0.503. The molecule has 0 radical (unpaired) electrons. The van der Waals surface area contributed by atoms with E-state index in [2.05, 4.69) is 69.3 Å². The molecule has 0 unspecified atom stereocenters. The number of methoxy groups -OCH3 is 3. The summed E-state index contributed by atoms with van der Waals surface area (Å²) in [5.74, 6) is 3.20. The molecule has 0 amide bonds. The number of rotatable bonds is 7. The Balaban J connectivity index is 0.000000198. The number of benzene rings is 4. The van der Waals surface area contributed by atoms with Gasteiger partial charge >= 0.3 is 0 Å². The summed E-state index contributed by atoms with van der Waals surface area (Å²) in [7, 11) is 5.10. The molecule has 0 bridgehead atoms. The molecule has 4 aromatic carbocycles. The van der Waals surface area contributed by atoms with Crippen molar-refractivity contribution in [3.63, 3.8) is 0 Å². The van der Waals surface area contributed by atoms with Gasteiger partial charge in [-0.1, -0.05) is 75.4 Å². The van der Waals surface area contributed by atoms with E-state index in [9.17, 15) is 0 Å². The van der Waals surface area contributed by atoms with Gasteiger partial charge in [-0.3, -0.25) is 0 Å². The average Bonchev–Trinajstić information content (AvgIpc) is 2.93. The molecule has 0 atom stereocenters. The van der Waals surface area contributed by atoms with Gasteiger partial charge in [-0.25, -0.2) is 0 Å². The van der Waals surface area contributed by atoms with E-state index in [4.69, 9.17) is 14.2 Å². The highest BCUT2D eigenvalue weighted by Gasteiger charge is 2.09. The lowest BCUT2D eigenvalue weighted by Crippen LogP contribution is -1.93. The number of hydrogen-bond donors (Lipinski definition) is 0. The molecule has 182 valence electrons. The second kappa shape index (κ2) is 12.7. The molecule has 4 rings (SSSR count). The molecule has 0 aliphatic rings. The van der Waals surface area contributed by atoms with E-state index in [0.29, 0.717) is 5.92 Å². The van der Waals surface area contributed by atoms with Crippen LogP contribution in [-0.4, -0.2) is 21.3 Å². The van der Waals surface area contributed by atoms with E-state index in [0.717, 1.165) is 34.8 Å². The average molecular weight is 469 g/mol. The zero-order valence-corrected chi connectivity index (χ0v) is 21.7. The largest absolute Gasteiger partial charge is 0.497 e. The summed E-state index contributed by atoms with van der Waals surface area (Å²) < 4.78 is 16.1. The van der Waals surface area contributed by atoms with E-state index in [1.165, 1.54) is 22.3 Å². The first-order valence-corrected chi connectivity index (χ1v) is 12.0. The lowest BCUT2D eigenvalue weighted by Gasteiger charge is -2.13. The predicted octanol–water partition coefficient (Wildman–Crippen LogP) is 8.42. The molecule has 0 fully saturated rings. The van der Waals surface area contributed by atoms with E-state index < -0.39 is 0 Å². The molecule has 0 N–H and O–H groups in total. The van der Waals surface area contributed by atoms with Gasteiger partial charge < -0.3 is 14.2 Å². The standard InChI is InChI=1S/C17H20O2.C15H16O/c1-12(2)14-7-10-17(19-4)16(11-14)13-5-8-15(18-3)9-6-13;1-3-12-9-10-15(16-2)14(11-12)13-7-5-4-6-8-13/h5-12H,1-4H3;4-11H,3H2,1-2H3. The molecule has 0 aliphatic heterocycles. The third-order valence-electron chi connectivity index (χ3n) is 6.05. The van der Waals surface area contributed by atoms with Crippen LogP contribution in [0.25, 0.3) is 22.3 Å². The maximum absolute atomic E-state index is 5.46. The van der Waals surface area contributed by atoms with Crippen molar-refractivity contribution in [1.82, 2.24) is 0 Å². The fourth-order valence-electron chi connectivity index (χ4n) is 3.90. The van der Waals surface area contributed by atoms with Gasteiger partial charge in [0.25, 0.3) is 0 Å². The van der Waals surface area contributed by atoms with Crippen LogP contribution >= 0.6 is 0 Å². The van der Waals surface area contributed by atoms with Crippen LogP contribution in [0.1, 0.15) is 37.8 Å². The molecule has 3 heteroatoms. The van der Waals surface area contributed by atoms with Gasteiger partial charge in [0, 0.05) is 11.1 Å². The Labute approximate surface area is 210 Å². The Morgan fingerprint density at radius 1 is 0.600 bits per heavy atom. The highest BCUT2D eigenvalue weighted by molar-refractivity contribution is 5.72. The van der Waals surface area contributed by atoms with Gasteiger partial charge in [0.05, 0.1) is 21.3 Å². The van der Waals surface area contributed by atoms with Crippen molar-refractivity contribution >= 4 is 0 Å². The Kier molecular flexibility index (Phi) is 9.37. The molecule has 0 spiro atoms. The van der Waals surface area contributed by atoms with Crippen LogP contribution in [0, 0.1) is 0 Å². The zero-order valence-electron chi connectivity index (χ0n) is 21.7. The predicted molar refractivity (Wildman–Crippen MR) is 147 cm³/mol. The summed E-state index contributed by atoms with van der Waals surface area (Å²) in [6.45, 7) is 6.55. The van der Waals surface area contributed by atoms with Crippen LogP contribution in [0.2, 0.25) is 0 Å². The molecule has 35 heavy (non-hydrogen) atoms. The Hall–Kier alpha value is -3.72. The van der Waals surface area contributed by atoms with Crippen LogP contribution in [0.4, 0.5) is 0 Å². The van der Waals surface area contributed by atoms with Crippen molar-refractivity contribution < 1.29 is 14.2 Å². The van der Waals surface area contributed by atoms with Gasteiger partial charge in [-0.2, -0.15) is 0 Å². The summed E-state index contributed by atoms with van der Waals surface area (Å²) in [6.07, 6.45) is 1.05. The van der Waals surface area contributed by atoms with Gasteiger partial charge in [-0.15, -0.1) is 0 Å². The van der Waals surface area contributed by atoms with E-state index in [-0.39, 0.29) is 0 Å². The van der Waals surface area contributed by atoms with E-state index in [1.54, 1.807) is 21.3 Å². The van der Waals surface area contributed by atoms with Crippen molar-refractivity contribution in [2.24, 2.45) is 0 Å². The minimum Gasteiger partial charge on any atom is -0.497 e. The summed E-state index contributed by atoms with van der Waals surface area (Å²) in [5.41, 5.74) is 7.28. The van der Waals surface area contributed by atoms with Crippen LogP contribution in [-0.2, 0) is 6.42 Å². The SMILES string of the molecule is CCc1ccc(OC)c(-c2ccccc2)c1.COc1ccc(-c2cc(C(C)C)ccc2OC)cc1. The van der Waals surface area contributed by atoms with E-state index >= 15 is 0 Å². The summed E-state index contributed by atoms with van der Waals surface area (Å²) in [5, 5.41) is 0. The van der Waals surface area contributed by atoms with E-state index in [1.807, 2.05) is 42.5 Å². The first-order chi connectivity index (χ1) is 17.0. The zero-order chi connectivity index (χ0) is 25.2. The number of hydrogen-bond acceptors (Lipinski definition) is 3. The molecule has 4 aromatic rings. The quantitative estimate of drug-likeness (QED) is 0.272. The highest BCUT2D eigenvalue weighted by atomic mass is 16.5.